The fraction of sp³-hybridized carbons (Fsp3) is 0.769. The summed E-state index contributed by atoms with van der Waals surface area (Å²) in [4.78, 5) is 0. The van der Waals surface area contributed by atoms with E-state index < -0.39 is 10.2 Å². The summed E-state index contributed by atoms with van der Waals surface area (Å²) in [6.45, 7) is 2.27. The second kappa shape index (κ2) is 6.43. The number of hydrogen-bond donors (Lipinski definition) is 2. The Hall–Kier alpha value is -0.960. The molecule has 0 amide bonds. The molecule has 1 aromatic heterocycles. The van der Waals surface area contributed by atoms with E-state index in [4.69, 9.17) is 4.52 Å². The molecule has 7 nitrogen and oxygen atoms in total. The molecule has 8 heteroatoms. The van der Waals surface area contributed by atoms with Crippen LogP contribution < -0.4 is 10.0 Å². The van der Waals surface area contributed by atoms with Gasteiger partial charge in [0.05, 0.1) is 12.2 Å². The quantitative estimate of drug-likeness (QED) is 0.764. The zero-order valence-electron chi connectivity index (χ0n) is 12.0. The van der Waals surface area contributed by atoms with Crippen LogP contribution in [0.25, 0.3) is 0 Å². The fourth-order valence-electron chi connectivity index (χ4n) is 2.62. The highest BCUT2D eigenvalue weighted by atomic mass is 32.2. The Balaban J connectivity index is 1.50. The zero-order chi connectivity index (χ0) is 14.7. The Morgan fingerprint density at radius 3 is 2.95 bits per heavy atom. The summed E-state index contributed by atoms with van der Waals surface area (Å²) in [5.41, 5.74) is 0.586. The van der Waals surface area contributed by atoms with E-state index in [0.717, 1.165) is 19.4 Å². The Morgan fingerprint density at radius 2 is 2.24 bits per heavy atom. The van der Waals surface area contributed by atoms with Crippen molar-refractivity contribution in [3.8, 4) is 0 Å². The van der Waals surface area contributed by atoms with Crippen LogP contribution >= 0.6 is 0 Å². The molecule has 1 atom stereocenters. The molecular formula is C13H22N4O3S. The van der Waals surface area contributed by atoms with Crippen molar-refractivity contribution in [2.75, 3.05) is 19.6 Å². The summed E-state index contributed by atoms with van der Waals surface area (Å²) in [6.07, 6.45) is 5.96. The van der Waals surface area contributed by atoms with Crippen molar-refractivity contribution < 1.29 is 12.9 Å². The van der Waals surface area contributed by atoms with Crippen LogP contribution in [0, 0.1) is 5.92 Å². The third-order valence-electron chi connectivity index (χ3n) is 4.02. The maximum atomic E-state index is 12.3. The minimum absolute atomic E-state index is 0.167. The standard InChI is InChI=1S/C13H22N4O3S/c18-21(19,15-9-13-5-7-20-16-13)17-6-1-2-11(10-17)8-14-12-3-4-12/h5,7,11-12,14-15H,1-4,6,8-10H2. The first kappa shape index (κ1) is 15.0. The minimum Gasteiger partial charge on any atom is -0.364 e. The molecule has 1 unspecified atom stereocenters. The molecule has 1 aliphatic carbocycles. The predicted octanol–water partition coefficient (Wildman–Crippen LogP) is 0.473. The molecular weight excluding hydrogens is 292 g/mol. The molecule has 1 saturated carbocycles. The van der Waals surface area contributed by atoms with Gasteiger partial charge < -0.3 is 9.84 Å². The van der Waals surface area contributed by atoms with Gasteiger partial charge in [0.25, 0.3) is 10.2 Å². The average molecular weight is 314 g/mol. The summed E-state index contributed by atoms with van der Waals surface area (Å²) in [7, 11) is -3.44. The highest BCUT2D eigenvalue weighted by molar-refractivity contribution is 7.87. The van der Waals surface area contributed by atoms with Crippen molar-refractivity contribution in [1.29, 1.82) is 0 Å². The molecule has 0 spiro atoms. The lowest BCUT2D eigenvalue weighted by Crippen LogP contribution is -2.47. The van der Waals surface area contributed by atoms with Crippen molar-refractivity contribution >= 4 is 10.2 Å². The van der Waals surface area contributed by atoms with Gasteiger partial charge in [-0.25, -0.2) is 0 Å². The third kappa shape index (κ3) is 4.26. The molecule has 1 aliphatic heterocycles. The van der Waals surface area contributed by atoms with Gasteiger partial charge in [-0.05, 0) is 38.1 Å². The summed E-state index contributed by atoms with van der Waals surface area (Å²) in [5.74, 6) is 0.406. The van der Waals surface area contributed by atoms with Gasteiger partial charge in [-0.2, -0.15) is 17.4 Å². The normalized spacial score (nSPS) is 24.3. The molecule has 0 bridgehead atoms. The first-order valence-corrected chi connectivity index (χ1v) is 8.95. The van der Waals surface area contributed by atoms with Crippen LogP contribution in [0.2, 0.25) is 0 Å². The highest BCUT2D eigenvalue weighted by Crippen LogP contribution is 2.22. The van der Waals surface area contributed by atoms with Crippen LogP contribution in [0.3, 0.4) is 0 Å². The van der Waals surface area contributed by atoms with Gasteiger partial charge in [-0.3, -0.25) is 0 Å². The minimum atomic E-state index is -3.44. The molecule has 2 fully saturated rings. The molecule has 0 radical (unpaired) electrons. The lowest BCUT2D eigenvalue weighted by atomic mass is 10.00. The first-order chi connectivity index (χ1) is 10.1. The molecule has 2 N–H and O–H groups in total. The Morgan fingerprint density at radius 1 is 1.38 bits per heavy atom. The second-order valence-electron chi connectivity index (χ2n) is 5.87. The largest absolute Gasteiger partial charge is 0.364 e. The number of nitrogens with one attached hydrogen (secondary N) is 2. The lowest BCUT2D eigenvalue weighted by Gasteiger charge is -2.32. The lowest BCUT2D eigenvalue weighted by molar-refractivity contribution is 0.257. The number of nitrogens with zero attached hydrogens (tertiary/aromatic N) is 2. The molecule has 2 aliphatic rings. The smallest absolute Gasteiger partial charge is 0.279 e. The van der Waals surface area contributed by atoms with Gasteiger partial charge in [0.2, 0.25) is 0 Å². The van der Waals surface area contributed by atoms with E-state index in [1.807, 2.05) is 0 Å². The summed E-state index contributed by atoms with van der Waals surface area (Å²) < 4.78 is 33.5. The molecule has 21 heavy (non-hydrogen) atoms. The molecule has 2 heterocycles. The molecule has 0 aromatic carbocycles. The van der Waals surface area contributed by atoms with E-state index in [2.05, 4.69) is 15.2 Å². The van der Waals surface area contributed by atoms with Crippen molar-refractivity contribution in [2.45, 2.75) is 38.3 Å². The molecule has 118 valence electrons. The third-order valence-corrected chi connectivity index (χ3v) is 5.54. The van der Waals surface area contributed by atoms with Crippen LogP contribution in [0.1, 0.15) is 31.4 Å². The molecule has 1 aromatic rings. The van der Waals surface area contributed by atoms with Crippen molar-refractivity contribution in [3.63, 3.8) is 0 Å². The molecule has 1 saturated heterocycles. The first-order valence-electron chi connectivity index (χ1n) is 7.51. The Kier molecular flexibility index (Phi) is 4.58. The van der Waals surface area contributed by atoms with E-state index in [1.54, 1.807) is 10.4 Å². The summed E-state index contributed by atoms with van der Waals surface area (Å²) in [5, 5.41) is 7.19. The summed E-state index contributed by atoms with van der Waals surface area (Å²) >= 11 is 0. The maximum Gasteiger partial charge on any atom is 0.279 e. The van der Waals surface area contributed by atoms with Gasteiger partial charge in [0.15, 0.2) is 0 Å². The van der Waals surface area contributed by atoms with Crippen molar-refractivity contribution in [3.05, 3.63) is 18.0 Å². The van der Waals surface area contributed by atoms with Gasteiger partial charge in [-0.1, -0.05) is 5.16 Å². The van der Waals surface area contributed by atoms with Crippen LogP contribution in [0.5, 0.6) is 0 Å². The Bertz CT molecular complexity index is 542. The van der Waals surface area contributed by atoms with Gasteiger partial charge >= 0.3 is 0 Å². The number of rotatable bonds is 7. The zero-order valence-corrected chi connectivity index (χ0v) is 12.8. The van der Waals surface area contributed by atoms with E-state index in [-0.39, 0.29) is 6.54 Å². The van der Waals surface area contributed by atoms with Crippen LogP contribution in [0.4, 0.5) is 0 Å². The van der Waals surface area contributed by atoms with Crippen molar-refractivity contribution in [1.82, 2.24) is 19.5 Å². The highest BCUT2D eigenvalue weighted by Gasteiger charge is 2.30. The average Bonchev–Trinajstić information content (AvgIpc) is 3.17. The second-order valence-corrected chi connectivity index (χ2v) is 7.62. The number of aromatic nitrogens is 1. The van der Waals surface area contributed by atoms with E-state index in [0.29, 0.717) is 30.7 Å². The monoisotopic (exact) mass is 314 g/mol. The maximum absolute atomic E-state index is 12.3. The van der Waals surface area contributed by atoms with Crippen LogP contribution in [-0.2, 0) is 16.8 Å². The predicted molar refractivity (Wildman–Crippen MR) is 77.6 cm³/mol. The van der Waals surface area contributed by atoms with Gasteiger partial charge in [0.1, 0.15) is 6.26 Å². The van der Waals surface area contributed by atoms with Crippen molar-refractivity contribution in [2.24, 2.45) is 5.92 Å². The molecule has 3 rings (SSSR count). The fourth-order valence-corrected chi connectivity index (χ4v) is 3.91. The van der Waals surface area contributed by atoms with E-state index in [9.17, 15) is 8.42 Å². The van der Waals surface area contributed by atoms with E-state index in [1.165, 1.54) is 19.1 Å². The SMILES string of the molecule is O=S(=O)(NCc1ccon1)N1CCCC(CNC2CC2)C1. The number of piperidine rings is 1. The number of hydrogen-bond acceptors (Lipinski definition) is 5. The van der Waals surface area contributed by atoms with Gasteiger partial charge in [-0.15, -0.1) is 0 Å². The van der Waals surface area contributed by atoms with Crippen LogP contribution in [-0.4, -0.2) is 43.6 Å². The topological polar surface area (TPSA) is 87.5 Å². The summed E-state index contributed by atoms with van der Waals surface area (Å²) in [6, 6.07) is 2.32. The van der Waals surface area contributed by atoms with Gasteiger partial charge in [0, 0.05) is 25.2 Å². The van der Waals surface area contributed by atoms with E-state index >= 15 is 0 Å². The van der Waals surface area contributed by atoms with Crippen LogP contribution in [0.15, 0.2) is 16.9 Å². The Labute approximate surface area is 125 Å².